The van der Waals surface area contributed by atoms with E-state index in [1.807, 2.05) is 26.3 Å². The second-order valence-corrected chi connectivity index (χ2v) is 4.58. The van der Waals surface area contributed by atoms with Gasteiger partial charge in [0, 0.05) is 42.1 Å². The molecule has 2 rings (SSSR count). The minimum absolute atomic E-state index is 0.257. The molecule has 0 spiro atoms. The Hall–Kier alpha value is -1.65. The van der Waals surface area contributed by atoms with E-state index in [2.05, 4.69) is 35.1 Å². The van der Waals surface area contributed by atoms with Crippen molar-refractivity contribution in [2.45, 2.75) is 27.1 Å². The number of benzene rings is 1. The fourth-order valence-electron chi connectivity index (χ4n) is 2.26. The van der Waals surface area contributed by atoms with Crippen molar-refractivity contribution in [1.29, 1.82) is 0 Å². The zero-order valence-corrected chi connectivity index (χ0v) is 12.3. The highest BCUT2D eigenvalue weighted by molar-refractivity contribution is 6.00. The number of ether oxygens (including phenoxy) is 2. The molecular formula is C16H22N2O2. The highest BCUT2D eigenvalue weighted by Crippen LogP contribution is 2.20. The number of aliphatic imine (C=N–C) groups is 1. The summed E-state index contributed by atoms with van der Waals surface area (Å²) in [5.74, 6) is 0. The molecule has 20 heavy (non-hydrogen) atoms. The predicted octanol–water partition coefficient (Wildman–Crippen LogP) is 3.29. The molecule has 2 aromatic rings. The summed E-state index contributed by atoms with van der Waals surface area (Å²) < 4.78 is 10.9. The van der Waals surface area contributed by atoms with Crippen LogP contribution >= 0.6 is 0 Å². The number of rotatable bonds is 7. The van der Waals surface area contributed by atoms with E-state index in [0.717, 1.165) is 11.1 Å². The van der Waals surface area contributed by atoms with Crippen molar-refractivity contribution < 1.29 is 9.47 Å². The first kappa shape index (κ1) is 14.8. The standard InChI is InChI=1S/C16H22N2O2/c1-4-19-15(20-5-2)11-17-9-13-10-18-14-8-6-7-12(3)16(13)14/h6-10,15,18H,4-5,11H2,1-3H3. The van der Waals surface area contributed by atoms with Crippen molar-refractivity contribution in [2.24, 2.45) is 4.99 Å². The van der Waals surface area contributed by atoms with Crippen molar-refractivity contribution in [1.82, 2.24) is 4.98 Å². The van der Waals surface area contributed by atoms with Crippen LogP contribution in [0.3, 0.4) is 0 Å². The monoisotopic (exact) mass is 274 g/mol. The number of nitrogens with one attached hydrogen (secondary N) is 1. The summed E-state index contributed by atoms with van der Waals surface area (Å²) in [5, 5.41) is 1.22. The van der Waals surface area contributed by atoms with E-state index in [4.69, 9.17) is 9.47 Å². The van der Waals surface area contributed by atoms with Crippen LogP contribution in [0.15, 0.2) is 29.4 Å². The molecule has 0 aliphatic rings. The van der Waals surface area contributed by atoms with E-state index >= 15 is 0 Å². The predicted molar refractivity (Wildman–Crippen MR) is 82.5 cm³/mol. The average molecular weight is 274 g/mol. The number of nitrogens with zero attached hydrogens (tertiary/aromatic N) is 1. The third-order valence-corrected chi connectivity index (χ3v) is 3.13. The van der Waals surface area contributed by atoms with E-state index < -0.39 is 0 Å². The number of aromatic amines is 1. The SMILES string of the molecule is CCOC(CN=Cc1c[nH]c2cccc(C)c12)OCC. The molecule has 1 aromatic heterocycles. The molecule has 1 N–H and O–H groups in total. The van der Waals surface area contributed by atoms with Crippen molar-refractivity contribution >= 4 is 17.1 Å². The van der Waals surface area contributed by atoms with Gasteiger partial charge in [-0.05, 0) is 32.4 Å². The maximum atomic E-state index is 5.47. The largest absolute Gasteiger partial charge is 0.360 e. The molecule has 1 heterocycles. The van der Waals surface area contributed by atoms with Crippen LogP contribution in [-0.2, 0) is 9.47 Å². The van der Waals surface area contributed by atoms with Crippen LogP contribution in [0.25, 0.3) is 10.9 Å². The van der Waals surface area contributed by atoms with Crippen molar-refractivity contribution in [3.8, 4) is 0 Å². The Kier molecular flexibility index (Phi) is 5.32. The maximum absolute atomic E-state index is 5.47. The van der Waals surface area contributed by atoms with Gasteiger partial charge >= 0.3 is 0 Å². The van der Waals surface area contributed by atoms with Gasteiger partial charge in [0.15, 0.2) is 6.29 Å². The molecule has 0 bridgehead atoms. The zero-order chi connectivity index (χ0) is 14.4. The van der Waals surface area contributed by atoms with Crippen molar-refractivity contribution in [3.63, 3.8) is 0 Å². The topological polar surface area (TPSA) is 46.6 Å². The van der Waals surface area contributed by atoms with Gasteiger partial charge in [0.1, 0.15) is 0 Å². The van der Waals surface area contributed by atoms with E-state index in [1.165, 1.54) is 10.9 Å². The molecule has 108 valence electrons. The maximum Gasteiger partial charge on any atom is 0.176 e. The minimum Gasteiger partial charge on any atom is -0.360 e. The Morgan fingerprint density at radius 3 is 2.70 bits per heavy atom. The number of hydrogen-bond donors (Lipinski definition) is 1. The van der Waals surface area contributed by atoms with Crippen LogP contribution < -0.4 is 0 Å². The van der Waals surface area contributed by atoms with E-state index in [1.54, 1.807) is 0 Å². The number of aryl methyl sites for hydroxylation is 1. The average Bonchev–Trinajstić information content (AvgIpc) is 2.84. The van der Waals surface area contributed by atoms with Crippen LogP contribution in [0.2, 0.25) is 0 Å². The Morgan fingerprint density at radius 1 is 1.25 bits per heavy atom. The van der Waals surface area contributed by atoms with Gasteiger partial charge in [0.2, 0.25) is 0 Å². The van der Waals surface area contributed by atoms with Gasteiger partial charge in [-0.1, -0.05) is 12.1 Å². The molecule has 4 nitrogen and oxygen atoms in total. The number of H-pyrrole nitrogens is 1. The van der Waals surface area contributed by atoms with Gasteiger partial charge in [0.25, 0.3) is 0 Å². The second kappa shape index (κ2) is 7.22. The van der Waals surface area contributed by atoms with Crippen LogP contribution in [0.4, 0.5) is 0 Å². The Bertz CT molecular complexity index is 569. The lowest BCUT2D eigenvalue weighted by atomic mass is 10.1. The third-order valence-electron chi connectivity index (χ3n) is 3.13. The second-order valence-electron chi connectivity index (χ2n) is 4.58. The summed E-state index contributed by atoms with van der Waals surface area (Å²) in [6, 6.07) is 6.23. The number of aromatic nitrogens is 1. The fraction of sp³-hybridized carbons (Fsp3) is 0.438. The molecule has 0 saturated heterocycles. The molecule has 1 aromatic carbocycles. The first-order chi connectivity index (χ1) is 9.76. The Balaban J connectivity index is 2.09. The normalized spacial score (nSPS) is 12.0. The highest BCUT2D eigenvalue weighted by Gasteiger charge is 2.07. The molecule has 0 amide bonds. The molecule has 0 aliphatic carbocycles. The smallest absolute Gasteiger partial charge is 0.176 e. The number of hydrogen-bond acceptors (Lipinski definition) is 3. The van der Waals surface area contributed by atoms with E-state index in [-0.39, 0.29) is 6.29 Å². The minimum atomic E-state index is -0.257. The van der Waals surface area contributed by atoms with Crippen LogP contribution in [0.5, 0.6) is 0 Å². The van der Waals surface area contributed by atoms with Crippen LogP contribution in [0.1, 0.15) is 25.0 Å². The van der Waals surface area contributed by atoms with E-state index in [0.29, 0.717) is 19.8 Å². The molecule has 0 fully saturated rings. The lowest BCUT2D eigenvalue weighted by Crippen LogP contribution is -2.20. The van der Waals surface area contributed by atoms with Gasteiger partial charge in [0.05, 0.1) is 6.54 Å². The van der Waals surface area contributed by atoms with Gasteiger partial charge in [-0.2, -0.15) is 0 Å². The van der Waals surface area contributed by atoms with Gasteiger partial charge in [-0.3, -0.25) is 4.99 Å². The van der Waals surface area contributed by atoms with E-state index in [9.17, 15) is 0 Å². The lowest BCUT2D eigenvalue weighted by molar-refractivity contribution is -0.128. The molecular weight excluding hydrogens is 252 g/mol. The Morgan fingerprint density at radius 2 is 2.00 bits per heavy atom. The van der Waals surface area contributed by atoms with Crippen LogP contribution in [-0.4, -0.2) is 37.2 Å². The van der Waals surface area contributed by atoms with Gasteiger partial charge in [-0.15, -0.1) is 0 Å². The summed E-state index contributed by atoms with van der Waals surface area (Å²) in [4.78, 5) is 7.71. The first-order valence-electron chi connectivity index (χ1n) is 7.06. The summed E-state index contributed by atoms with van der Waals surface area (Å²) in [7, 11) is 0. The molecule has 0 unspecified atom stereocenters. The fourth-order valence-corrected chi connectivity index (χ4v) is 2.26. The van der Waals surface area contributed by atoms with Gasteiger partial charge < -0.3 is 14.5 Å². The molecule has 0 aliphatic heterocycles. The molecule has 0 radical (unpaired) electrons. The van der Waals surface area contributed by atoms with Crippen LogP contribution in [0, 0.1) is 6.92 Å². The highest BCUT2D eigenvalue weighted by atomic mass is 16.7. The number of fused-ring (bicyclic) bond motifs is 1. The molecule has 0 saturated carbocycles. The first-order valence-corrected chi connectivity index (χ1v) is 7.06. The Labute approximate surface area is 119 Å². The van der Waals surface area contributed by atoms with Crippen molar-refractivity contribution in [2.75, 3.05) is 19.8 Å². The summed E-state index contributed by atoms with van der Waals surface area (Å²) in [6.45, 7) is 7.80. The quantitative estimate of drug-likeness (QED) is 0.622. The van der Waals surface area contributed by atoms with Crippen molar-refractivity contribution in [3.05, 3.63) is 35.5 Å². The molecule has 4 heteroatoms. The summed E-state index contributed by atoms with van der Waals surface area (Å²) in [6.07, 6.45) is 3.61. The summed E-state index contributed by atoms with van der Waals surface area (Å²) >= 11 is 0. The zero-order valence-electron chi connectivity index (χ0n) is 12.3. The van der Waals surface area contributed by atoms with Gasteiger partial charge in [-0.25, -0.2) is 0 Å². The lowest BCUT2D eigenvalue weighted by Gasteiger charge is -2.13. The summed E-state index contributed by atoms with van der Waals surface area (Å²) in [5.41, 5.74) is 3.49. The molecule has 0 atom stereocenters. The third kappa shape index (κ3) is 3.46.